The molecule has 0 fully saturated rings. The van der Waals surface area contributed by atoms with E-state index < -0.39 is 12.0 Å². The van der Waals surface area contributed by atoms with Gasteiger partial charge in [0, 0.05) is 19.1 Å². The number of rotatable bonds is 4. The SMILES string of the molecule is COc1cc(Cl)c(NC(=O)C2CN(C(C)=O)c3ccccc3O2)cc1OC. The maximum absolute atomic E-state index is 12.7. The fourth-order valence-corrected chi connectivity index (χ4v) is 3.03. The Morgan fingerprint density at radius 3 is 2.52 bits per heavy atom. The second-order valence-corrected chi connectivity index (χ2v) is 6.29. The lowest BCUT2D eigenvalue weighted by Gasteiger charge is -2.33. The maximum atomic E-state index is 12.7. The summed E-state index contributed by atoms with van der Waals surface area (Å²) in [6.45, 7) is 1.55. The number of halogens is 1. The highest BCUT2D eigenvalue weighted by atomic mass is 35.5. The summed E-state index contributed by atoms with van der Waals surface area (Å²) in [7, 11) is 2.99. The maximum Gasteiger partial charge on any atom is 0.267 e. The Balaban J connectivity index is 1.84. The average Bonchev–Trinajstić information content (AvgIpc) is 2.67. The summed E-state index contributed by atoms with van der Waals surface area (Å²) in [6, 6.07) is 10.2. The van der Waals surface area contributed by atoms with Crippen molar-refractivity contribution in [3.8, 4) is 17.2 Å². The second-order valence-electron chi connectivity index (χ2n) is 5.88. The van der Waals surface area contributed by atoms with E-state index >= 15 is 0 Å². The average molecular weight is 391 g/mol. The van der Waals surface area contributed by atoms with Gasteiger partial charge in [0.2, 0.25) is 5.91 Å². The van der Waals surface area contributed by atoms with Gasteiger partial charge in [-0.15, -0.1) is 0 Å². The van der Waals surface area contributed by atoms with Crippen LogP contribution in [0.5, 0.6) is 17.2 Å². The van der Waals surface area contributed by atoms with E-state index in [-0.39, 0.29) is 12.5 Å². The predicted molar refractivity (Wildman–Crippen MR) is 102 cm³/mol. The number of nitrogens with zero attached hydrogens (tertiary/aromatic N) is 1. The van der Waals surface area contributed by atoms with E-state index in [0.29, 0.717) is 33.6 Å². The smallest absolute Gasteiger partial charge is 0.267 e. The first kappa shape index (κ1) is 18.8. The highest BCUT2D eigenvalue weighted by molar-refractivity contribution is 6.34. The van der Waals surface area contributed by atoms with Gasteiger partial charge >= 0.3 is 0 Å². The summed E-state index contributed by atoms with van der Waals surface area (Å²) in [6.07, 6.45) is -0.882. The highest BCUT2D eigenvalue weighted by Crippen LogP contribution is 2.37. The molecule has 142 valence electrons. The monoisotopic (exact) mass is 390 g/mol. The number of nitrogens with one attached hydrogen (secondary N) is 1. The Morgan fingerprint density at radius 2 is 1.85 bits per heavy atom. The summed E-state index contributed by atoms with van der Waals surface area (Å²) in [4.78, 5) is 26.2. The van der Waals surface area contributed by atoms with Crippen LogP contribution in [0.2, 0.25) is 5.02 Å². The minimum Gasteiger partial charge on any atom is -0.493 e. The lowest BCUT2D eigenvalue weighted by atomic mass is 10.1. The van der Waals surface area contributed by atoms with Gasteiger partial charge < -0.3 is 24.4 Å². The lowest BCUT2D eigenvalue weighted by Crippen LogP contribution is -2.48. The minimum absolute atomic E-state index is 0.100. The second kappa shape index (κ2) is 7.75. The molecule has 0 radical (unpaired) electrons. The molecule has 1 N–H and O–H groups in total. The molecule has 1 atom stereocenters. The number of anilines is 2. The number of fused-ring (bicyclic) bond motifs is 1. The number of methoxy groups -OCH3 is 2. The number of benzene rings is 2. The third-order valence-electron chi connectivity index (χ3n) is 4.18. The fourth-order valence-electron chi connectivity index (χ4n) is 2.83. The summed E-state index contributed by atoms with van der Waals surface area (Å²) in [5.74, 6) is 0.749. The molecule has 0 aliphatic carbocycles. The molecule has 0 saturated carbocycles. The minimum atomic E-state index is -0.882. The van der Waals surface area contributed by atoms with Crippen molar-refractivity contribution < 1.29 is 23.8 Å². The van der Waals surface area contributed by atoms with Gasteiger partial charge in [-0.1, -0.05) is 23.7 Å². The van der Waals surface area contributed by atoms with Crippen LogP contribution in [0.1, 0.15) is 6.92 Å². The molecule has 0 spiro atoms. The normalized spacial score (nSPS) is 15.4. The van der Waals surface area contributed by atoms with Crippen LogP contribution in [0.15, 0.2) is 36.4 Å². The third-order valence-corrected chi connectivity index (χ3v) is 4.49. The van der Waals surface area contributed by atoms with Crippen molar-refractivity contribution >= 4 is 34.8 Å². The molecule has 1 aliphatic heterocycles. The number of hydrogen-bond acceptors (Lipinski definition) is 5. The van der Waals surface area contributed by atoms with Gasteiger partial charge in [-0.3, -0.25) is 9.59 Å². The van der Waals surface area contributed by atoms with E-state index in [0.717, 1.165) is 0 Å². The molecule has 1 aliphatic rings. The summed E-state index contributed by atoms with van der Waals surface area (Å²) in [5.41, 5.74) is 0.995. The van der Waals surface area contributed by atoms with Gasteiger partial charge in [0.15, 0.2) is 17.6 Å². The van der Waals surface area contributed by atoms with E-state index in [1.54, 1.807) is 30.3 Å². The Morgan fingerprint density at radius 1 is 1.19 bits per heavy atom. The van der Waals surface area contributed by atoms with Gasteiger partial charge in [-0.05, 0) is 12.1 Å². The first-order valence-electron chi connectivity index (χ1n) is 8.20. The van der Waals surface area contributed by atoms with Gasteiger partial charge in [0.1, 0.15) is 5.75 Å². The number of amides is 2. The number of hydrogen-bond donors (Lipinski definition) is 1. The Hall–Kier alpha value is -2.93. The molecule has 2 amide bonds. The van der Waals surface area contributed by atoms with Crippen molar-refractivity contribution in [2.45, 2.75) is 13.0 Å². The first-order valence-corrected chi connectivity index (χ1v) is 8.58. The van der Waals surface area contributed by atoms with Crippen LogP contribution < -0.4 is 24.4 Å². The lowest BCUT2D eigenvalue weighted by molar-refractivity contribution is -0.123. The molecule has 27 heavy (non-hydrogen) atoms. The topological polar surface area (TPSA) is 77.1 Å². The standard InChI is InChI=1S/C19H19ClN2O5/c1-11(23)22-10-18(27-15-7-5-4-6-14(15)22)19(24)21-13-9-17(26-3)16(25-2)8-12(13)20/h4-9,18H,10H2,1-3H3,(H,21,24). The van der Waals surface area contributed by atoms with Gasteiger partial charge in [-0.25, -0.2) is 0 Å². The van der Waals surface area contributed by atoms with Crippen molar-refractivity contribution in [3.63, 3.8) is 0 Å². The Bertz CT molecular complexity index is 886. The zero-order valence-corrected chi connectivity index (χ0v) is 15.9. The van der Waals surface area contributed by atoms with Crippen molar-refractivity contribution in [2.75, 3.05) is 31.0 Å². The summed E-state index contributed by atoms with van der Waals surface area (Å²) in [5, 5.41) is 3.02. The zero-order chi connectivity index (χ0) is 19.6. The van der Waals surface area contributed by atoms with Crippen LogP contribution in [0, 0.1) is 0 Å². The molecular formula is C19H19ClN2O5. The first-order chi connectivity index (χ1) is 12.9. The molecular weight excluding hydrogens is 372 g/mol. The molecule has 3 rings (SSSR count). The zero-order valence-electron chi connectivity index (χ0n) is 15.1. The van der Waals surface area contributed by atoms with Crippen molar-refractivity contribution in [1.82, 2.24) is 0 Å². The molecule has 7 nitrogen and oxygen atoms in total. The largest absolute Gasteiger partial charge is 0.493 e. The van der Waals surface area contributed by atoms with Crippen molar-refractivity contribution in [1.29, 1.82) is 0 Å². The molecule has 0 saturated heterocycles. The van der Waals surface area contributed by atoms with Crippen LogP contribution in [-0.2, 0) is 9.59 Å². The van der Waals surface area contributed by atoms with Gasteiger partial charge in [-0.2, -0.15) is 0 Å². The van der Waals surface area contributed by atoms with Gasteiger partial charge in [0.25, 0.3) is 5.91 Å². The van der Waals surface area contributed by atoms with Crippen molar-refractivity contribution in [3.05, 3.63) is 41.4 Å². The van der Waals surface area contributed by atoms with Crippen molar-refractivity contribution in [2.24, 2.45) is 0 Å². The number of ether oxygens (including phenoxy) is 3. The van der Waals surface area contributed by atoms with E-state index in [4.69, 9.17) is 25.8 Å². The van der Waals surface area contributed by atoms with Crippen LogP contribution in [0.25, 0.3) is 0 Å². The number of carbonyl (C=O) groups is 2. The molecule has 8 heteroatoms. The molecule has 2 aromatic rings. The molecule has 1 unspecified atom stereocenters. The van der Waals surface area contributed by atoms with E-state index in [9.17, 15) is 9.59 Å². The number of carbonyl (C=O) groups excluding carboxylic acids is 2. The van der Waals surface area contributed by atoms with Crippen LogP contribution >= 0.6 is 11.6 Å². The summed E-state index contributed by atoms with van der Waals surface area (Å²) >= 11 is 6.22. The van der Waals surface area contributed by atoms with E-state index in [2.05, 4.69) is 5.32 Å². The van der Waals surface area contributed by atoms with E-state index in [1.165, 1.54) is 26.0 Å². The quantitative estimate of drug-likeness (QED) is 0.868. The molecule has 1 heterocycles. The molecule has 2 aromatic carbocycles. The molecule has 0 bridgehead atoms. The highest BCUT2D eigenvalue weighted by Gasteiger charge is 2.32. The predicted octanol–water partition coefficient (Wildman–Crippen LogP) is 3.11. The third kappa shape index (κ3) is 3.78. The van der Waals surface area contributed by atoms with E-state index in [1.807, 2.05) is 6.07 Å². The fraction of sp³-hybridized carbons (Fsp3) is 0.263. The molecule has 0 aromatic heterocycles. The Labute approximate surface area is 161 Å². The Kier molecular flexibility index (Phi) is 5.41. The number of para-hydroxylation sites is 2. The van der Waals surface area contributed by atoms with Crippen LogP contribution in [-0.4, -0.2) is 38.7 Å². The van der Waals surface area contributed by atoms with Gasteiger partial charge in [0.05, 0.1) is 37.2 Å². The summed E-state index contributed by atoms with van der Waals surface area (Å²) < 4.78 is 16.2. The van der Waals surface area contributed by atoms with Crippen LogP contribution in [0.4, 0.5) is 11.4 Å². The van der Waals surface area contributed by atoms with Crippen LogP contribution in [0.3, 0.4) is 0 Å².